The summed E-state index contributed by atoms with van der Waals surface area (Å²) >= 11 is 5.50. The third-order valence-corrected chi connectivity index (χ3v) is 1.81. The van der Waals surface area contributed by atoms with Gasteiger partial charge in [-0.2, -0.15) is 0 Å². The smallest absolute Gasteiger partial charge is 0.159 e. The van der Waals surface area contributed by atoms with E-state index in [0.29, 0.717) is 12.5 Å². The summed E-state index contributed by atoms with van der Waals surface area (Å²) in [6.07, 6.45) is 3.65. The Morgan fingerprint density at radius 3 is 2.92 bits per heavy atom. The van der Waals surface area contributed by atoms with Crippen LogP contribution in [0.3, 0.4) is 0 Å². The van der Waals surface area contributed by atoms with E-state index < -0.39 is 0 Å². The second-order valence-corrected chi connectivity index (χ2v) is 2.83. The SMILES string of the molecule is COCc1nnc(/C=C/CCl)n1C. The molecule has 0 aliphatic carbocycles. The van der Waals surface area contributed by atoms with Crippen molar-refractivity contribution in [3.8, 4) is 0 Å². The Hall–Kier alpha value is -0.870. The first-order valence-corrected chi connectivity index (χ1v) is 4.42. The quantitative estimate of drug-likeness (QED) is 0.688. The predicted octanol–water partition coefficient (Wildman–Crippen LogP) is 1.21. The highest BCUT2D eigenvalue weighted by Crippen LogP contribution is 2.02. The van der Waals surface area contributed by atoms with Crippen molar-refractivity contribution in [2.45, 2.75) is 6.61 Å². The Balaban J connectivity index is 2.79. The van der Waals surface area contributed by atoms with Crippen LogP contribution in [0.5, 0.6) is 0 Å². The number of methoxy groups -OCH3 is 1. The van der Waals surface area contributed by atoms with Gasteiger partial charge in [0.2, 0.25) is 0 Å². The molecule has 0 radical (unpaired) electrons. The highest BCUT2D eigenvalue weighted by molar-refractivity contribution is 6.19. The van der Waals surface area contributed by atoms with Gasteiger partial charge in [-0.1, -0.05) is 6.08 Å². The number of aromatic nitrogens is 3. The van der Waals surface area contributed by atoms with Crippen molar-refractivity contribution in [1.29, 1.82) is 0 Å². The van der Waals surface area contributed by atoms with Crippen LogP contribution in [0.4, 0.5) is 0 Å². The van der Waals surface area contributed by atoms with Crippen molar-refractivity contribution in [3.05, 3.63) is 17.7 Å². The van der Waals surface area contributed by atoms with Crippen molar-refractivity contribution in [2.24, 2.45) is 7.05 Å². The topological polar surface area (TPSA) is 39.9 Å². The average Bonchev–Trinajstić information content (AvgIpc) is 2.46. The van der Waals surface area contributed by atoms with Gasteiger partial charge in [-0.15, -0.1) is 21.8 Å². The van der Waals surface area contributed by atoms with Gasteiger partial charge >= 0.3 is 0 Å². The van der Waals surface area contributed by atoms with Crippen LogP contribution in [0.2, 0.25) is 0 Å². The lowest BCUT2D eigenvalue weighted by Crippen LogP contribution is -2.00. The molecule has 0 fully saturated rings. The summed E-state index contributed by atoms with van der Waals surface area (Å²) in [5.74, 6) is 2.07. The van der Waals surface area contributed by atoms with Gasteiger partial charge in [0, 0.05) is 20.0 Å². The minimum Gasteiger partial charge on any atom is -0.377 e. The molecule has 72 valence electrons. The number of nitrogens with zero attached hydrogens (tertiary/aromatic N) is 3. The van der Waals surface area contributed by atoms with Crippen molar-refractivity contribution in [3.63, 3.8) is 0 Å². The minimum atomic E-state index is 0.470. The van der Waals surface area contributed by atoms with Gasteiger partial charge in [-0.25, -0.2) is 0 Å². The van der Waals surface area contributed by atoms with Gasteiger partial charge < -0.3 is 9.30 Å². The summed E-state index contributed by atoms with van der Waals surface area (Å²) in [5.41, 5.74) is 0. The Morgan fingerprint density at radius 2 is 2.31 bits per heavy atom. The maximum absolute atomic E-state index is 5.50. The summed E-state index contributed by atoms with van der Waals surface area (Å²) in [5, 5.41) is 7.91. The molecule has 0 bridgehead atoms. The lowest BCUT2D eigenvalue weighted by molar-refractivity contribution is 0.175. The monoisotopic (exact) mass is 201 g/mol. The zero-order valence-corrected chi connectivity index (χ0v) is 8.45. The Labute approximate surface area is 82.2 Å². The molecule has 0 atom stereocenters. The molecule has 0 amide bonds. The van der Waals surface area contributed by atoms with E-state index in [1.807, 2.05) is 23.8 Å². The van der Waals surface area contributed by atoms with Crippen LogP contribution in [0, 0.1) is 0 Å². The van der Waals surface area contributed by atoms with Crippen LogP contribution in [0.1, 0.15) is 11.6 Å². The first-order chi connectivity index (χ1) is 6.29. The maximum Gasteiger partial charge on any atom is 0.159 e. The van der Waals surface area contributed by atoms with Crippen molar-refractivity contribution >= 4 is 17.7 Å². The van der Waals surface area contributed by atoms with Crippen LogP contribution in [-0.2, 0) is 18.4 Å². The van der Waals surface area contributed by atoms with Crippen molar-refractivity contribution in [1.82, 2.24) is 14.8 Å². The van der Waals surface area contributed by atoms with E-state index in [4.69, 9.17) is 16.3 Å². The van der Waals surface area contributed by atoms with E-state index >= 15 is 0 Å². The zero-order chi connectivity index (χ0) is 9.68. The first-order valence-electron chi connectivity index (χ1n) is 3.89. The molecule has 5 heteroatoms. The molecule has 0 unspecified atom stereocenters. The molecular formula is C8H12ClN3O. The maximum atomic E-state index is 5.50. The fourth-order valence-corrected chi connectivity index (χ4v) is 1.01. The number of hydrogen-bond acceptors (Lipinski definition) is 3. The van der Waals surface area contributed by atoms with Crippen LogP contribution >= 0.6 is 11.6 Å². The van der Waals surface area contributed by atoms with Crippen molar-refractivity contribution < 1.29 is 4.74 Å². The summed E-state index contributed by atoms with van der Waals surface area (Å²) in [6.45, 7) is 0.470. The van der Waals surface area contributed by atoms with Crippen LogP contribution in [0.25, 0.3) is 6.08 Å². The van der Waals surface area contributed by atoms with E-state index in [1.54, 1.807) is 7.11 Å². The molecule has 0 aromatic carbocycles. The second-order valence-electron chi connectivity index (χ2n) is 2.52. The van der Waals surface area contributed by atoms with Crippen LogP contribution < -0.4 is 0 Å². The summed E-state index contributed by atoms with van der Waals surface area (Å²) in [6, 6.07) is 0. The van der Waals surface area contributed by atoms with Crippen LogP contribution in [0.15, 0.2) is 6.08 Å². The van der Waals surface area contributed by atoms with E-state index in [-0.39, 0.29) is 0 Å². The summed E-state index contributed by atoms with van der Waals surface area (Å²) in [4.78, 5) is 0. The minimum absolute atomic E-state index is 0.470. The molecule has 0 N–H and O–H groups in total. The largest absolute Gasteiger partial charge is 0.377 e. The van der Waals surface area contributed by atoms with Gasteiger partial charge in [0.25, 0.3) is 0 Å². The number of rotatable bonds is 4. The van der Waals surface area contributed by atoms with Gasteiger partial charge in [0.1, 0.15) is 6.61 Å². The Morgan fingerprint density at radius 1 is 1.54 bits per heavy atom. The number of hydrogen-bond donors (Lipinski definition) is 0. The lowest BCUT2D eigenvalue weighted by Gasteiger charge is -1.98. The fraction of sp³-hybridized carbons (Fsp3) is 0.500. The lowest BCUT2D eigenvalue weighted by atomic mass is 10.5. The molecule has 1 aromatic heterocycles. The molecule has 1 aromatic rings. The standard InChI is InChI=1S/C8H12ClN3O/c1-12-7(4-3-5-9)10-11-8(12)6-13-2/h3-4H,5-6H2,1-2H3/b4-3+. The highest BCUT2D eigenvalue weighted by atomic mass is 35.5. The fourth-order valence-electron chi connectivity index (χ4n) is 0.925. The average molecular weight is 202 g/mol. The molecule has 1 rings (SSSR count). The number of alkyl halides is 1. The molecule has 1 heterocycles. The molecule has 0 spiro atoms. The molecule has 0 aliphatic rings. The van der Waals surface area contributed by atoms with Gasteiger partial charge in [-0.05, 0) is 6.08 Å². The van der Waals surface area contributed by atoms with Gasteiger partial charge in [-0.3, -0.25) is 0 Å². The van der Waals surface area contributed by atoms with E-state index in [0.717, 1.165) is 11.6 Å². The Bertz CT molecular complexity index is 296. The van der Waals surface area contributed by atoms with Gasteiger partial charge in [0.15, 0.2) is 11.6 Å². The number of halogens is 1. The zero-order valence-electron chi connectivity index (χ0n) is 7.70. The second kappa shape index (κ2) is 4.99. The van der Waals surface area contributed by atoms with Gasteiger partial charge in [0.05, 0.1) is 0 Å². The van der Waals surface area contributed by atoms with Crippen molar-refractivity contribution in [2.75, 3.05) is 13.0 Å². The van der Waals surface area contributed by atoms with Crippen LogP contribution in [-0.4, -0.2) is 27.8 Å². The van der Waals surface area contributed by atoms with E-state index in [9.17, 15) is 0 Å². The van der Waals surface area contributed by atoms with E-state index in [2.05, 4.69) is 10.2 Å². The first kappa shape index (κ1) is 10.2. The molecule has 0 saturated heterocycles. The number of allylic oxidation sites excluding steroid dienone is 1. The molecule has 0 saturated carbocycles. The third kappa shape index (κ3) is 2.54. The molecular weight excluding hydrogens is 190 g/mol. The van der Waals surface area contributed by atoms with E-state index in [1.165, 1.54) is 0 Å². The third-order valence-electron chi connectivity index (χ3n) is 1.63. The molecule has 13 heavy (non-hydrogen) atoms. The molecule has 4 nitrogen and oxygen atoms in total. The summed E-state index contributed by atoms with van der Waals surface area (Å²) in [7, 11) is 3.52. The summed E-state index contributed by atoms with van der Waals surface area (Å²) < 4.78 is 6.82. The number of ether oxygens (including phenoxy) is 1. The Kier molecular flexibility index (Phi) is 3.92. The predicted molar refractivity (Wildman–Crippen MR) is 51.5 cm³/mol. The normalized spacial score (nSPS) is 11.3. The molecule has 0 aliphatic heterocycles. The highest BCUT2D eigenvalue weighted by Gasteiger charge is 2.04.